The van der Waals surface area contributed by atoms with Crippen molar-refractivity contribution in [2.75, 3.05) is 19.0 Å². The van der Waals surface area contributed by atoms with Gasteiger partial charge in [0.05, 0.1) is 24.9 Å². The fourth-order valence-corrected chi connectivity index (χ4v) is 4.62. The van der Waals surface area contributed by atoms with Crippen molar-refractivity contribution in [3.05, 3.63) is 130 Å². The minimum Gasteiger partial charge on any atom is -0.465 e. The molecule has 7 nitrogen and oxygen atoms in total. The number of nitrogens with two attached hydrogens (primary N) is 1. The Kier molecular flexibility index (Phi) is 10.4. The number of anilines is 1. The molecule has 3 N–H and O–H groups in total. The van der Waals surface area contributed by atoms with Crippen LogP contribution >= 0.6 is 23.2 Å². The molecule has 1 amide bonds. The maximum absolute atomic E-state index is 11.9. The van der Waals surface area contributed by atoms with Crippen LogP contribution in [-0.2, 0) is 16.0 Å². The molecule has 0 spiro atoms. The first-order valence-corrected chi connectivity index (χ1v) is 13.8. The fraction of sp³-hybridized carbons (Fsp3) is 0.121. The van der Waals surface area contributed by atoms with E-state index in [9.17, 15) is 9.59 Å². The molecule has 0 unspecified atom stereocenters. The predicted molar refractivity (Wildman–Crippen MR) is 170 cm³/mol. The number of carbonyl (C=O) groups excluding carboxylic acids is 2. The number of ether oxygens (including phenoxy) is 1. The van der Waals surface area contributed by atoms with Gasteiger partial charge in [0.15, 0.2) is 0 Å². The Labute approximate surface area is 254 Å². The van der Waals surface area contributed by atoms with E-state index in [0.29, 0.717) is 22.0 Å². The lowest BCUT2D eigenvalue weighted by Gasteiger charge is -2.10. The summed E-state index contributed by atoms with van der Waals surface area (Å²) in [7, 11) is 1.37. The van der Waals surface area contributed by atoms with Crippen LogP contribution in [0, 0.1) is 0 Å². The summed E-state index contributed by atoms with van der Waals surface area (Å²) in [5.41, 5.74) is 11.2. The van der Waals surface area contributed by atoms with Crippen molar-refractivity contribution in [1.29, 1.82) is 0 Å². The summed E-state index contributed by atoms with van der Waals surface area (Å²) in [5, 5.41) is 4.10. The van der Waals surface area contributed by atoms with Gasteiger partial charge in [-0.2, -0.15) is 0 Å². The molecular weight excluding hydrogens is 571 g/mol. The second-order valence-corrected chi connectivity index (χ2v) is 10.4. The predicted octanol–water partition coefficient (Wildman–Crippen LogP) is 7.09. The van der Waals surface area contributed by atoms with E-state index >= 15 is 0 Å². The monoisotopic (exact) mass is 600 g/mol. The number of rotatable bonds is 11. The van der Waals surface area contributed by atoms with Crippen LogP contribution in [0.4, 0.5) is 5.69 Å². The van der Waals surface area contributed by atoms with Crippen LogP contribution in [0.25, 0.3) is 22.9 Å². The third-order valence-electron chi connectivity index (χ3n) is 6.20. The van der Waals surface area contributed by atoms with E-state index in [1.54, 1.807) is 25.1 Å². The molecule has 0 atom stereocenters. The number of esters is 1. The summed E-state index contributed by atoms with van der Waals surface area (Å²) < 4.78 is 6.88. The topological polar surface area (TPSA) is 99.2 Å². The smallest absolute Gasteiger partial charge is 0.337 e. The second-order valence-electron chi connectivity index (χ2n) is 9.41. The van der Waals surface area contributed by atoms with Crippen LogP contribution in [0.15, 0.2) is 107 Å². The fourth-order valence-electron chi connectivity index (χ4n) is 4.21. The average molecular weight is 602 g/mol. The lowest BCUT2D eigenvalue weighted by molar-refractivity contribution is -0.116. The first kappa shape index (κ1) is 30.4. The zero-order valence-electron chi connectivity index (χ0n) is 23.2. The summed E-state index contributed by atoms with van der Waals surface area (Å²) in [5.74, 6) is 0.0326. The number of carbonyl (C=O) groups is 2. The Balaban J connectivity index is 1.61. The Morgan fingerprint density at radius 1 is 1.02 bits per heavy atom. The molecule has 4 rings (SSSR count). The molecule has 1 aromatic heterocycles. The van der Waals surface area contributed by atoms with E-state index in [4.69, 9.17) is 38.7 Å². The highest BCUT2D eigenvalue weighted by Gasteiger charge is 2.11. The Bertz CT molecular complexity index is 1650. The van der Waals surface area contributed by atoms with Crippen molar-refractivity contribution in [3.8, 4) is 16.8 Å². The molecule has 0 saturated heterocycles. The van der Waals surface area contributed by atoms with Crippen molar-refractivity contribution < 1.29 is 14.3 Å². The molecule has 0 fully saturated rings. The summed E-state index contributed by atoms with van der Waals surface area (Å²) >= 11 is 12.1. The number of benzene rings is 3. The standard InChI is InChI=1S/C33H30Cl2N4O3/c1-22(34)17-27(35)7-4-8-29-21-39(30-15-13-28(14-16-30)37-20-31(36)40)32(38-29)18-23-9-11-24(12-10-23)25-5-3-6-26(19-25)33(41)42-2/h3-17,19,21,37H,18,20H2,1-2H3,(H2,36,40)/b8-4+,22-17+,27-7+. The minimum atomic E-state index is -0.430. The summed E-state index contributed by atoms with van der Waals surface area (Å²) in [6.45, 7) is 1.82. The van der Waals surface area contributed by atoms with Crippen LogP contribution in [-0.4, -0.2) is 35.1 Å². The van der Waals surface area contributed by atoms with E-state index in [1.165, 1.54) is 7.11 Å². The summed E-state index contributed by atoms with van der Waals surface area (Å²) in [4.78, 5) is 27.9. The number of hydrogen-bond donors (Lipinski definition) is 2. The molecule has 9 heteroatoms. The highest BCUT2D eigenvalue weighted by Crippen LogP contribution is 2.24. The van der Waals surface area contributed by atoms with E-state index < -0.39 is 5.91 Å². The minimum absolute atomic E-state index is 0.0576. The number of imidazole rings is 1. The number of primary amides is 1. The number of halogens is 2. The Morgan fingerprint density at radius 3 is 2.43 bits per heavy atom. The van der Waals surface area contributed by atoms with Crippen LogP contribution in [0.3, 0.4) is 0 Å². The van der Waals surface area contributed by atoms with Gasteiger partial charge in [-0.05, 0) is 78.2 Å². The number of nitrogens with one attached hydrogen (secondary N) is 1. The molecule has 42 heavy (non-hydrogen) atoms. The van der Waals surface area contributed by atoms with Gasteiger partial charge in [-0.25, -0.2) is 9.78 Å². The van der Waals surface area contributed by atoms with Gasteiger partial charge in [-0.3, -0.25) is 4.79 Å². The van der Waals surface area contributed by atoms with Gasteiger partial charge < -0.3 is 20.4 Å². The lowest BCUT2D eigenvalue weighted by Crippen LogP contribution is -2.21. The molecule has 0 aliphatic heterocycles. The number of amides is 1. The van der Waals surface area contributed by atoms with Crippen molar-refractivity contribution in [2.24, 2.45) is 5.73 Å². The van der Waals surface area contributed by atoms with E-state index in [-0.39, 0.29) is 12.5 Å². The summed E-state index contributed by atoms with van der Waals surface area (Å²) in [6.07, 6.45) is 9.64. The molecule has 1 heterocycles. The first-order valence-electron chi connectivity index (χ1n) is 13.1. The highest BCUT2D eigenvalue weighted by molar-refractivity contribution is 6.34. The van der Waals surface area contributed by atoms with Gasteiger partial charge in [-0.15, -0.1) is 0 Å². The number of nitrogens with zero attached hydrogens (tertiary/aromatic N) is 2. The molecule has 0 aliphatic carbocycles. The van der Waals surface area contributed by atoms with Gasteiger partial charge in [0, 0.05) is 34.1 Å². The first-order chi connectivity index (χ1) is 20.2. The molecule has 0 bridgehead atoms. The Hall–Kier alpha value is -4.59. The average Bonchev–Trinajstić information content (AvgIpc) is 3.38. The van der Waals surface area contributed by atoms with Crippen molar-refractivity contribution in [1.82, 2.24) is 9.55 Å². The van der Waals surface area contributed by atoms with Crippen LogP contribution in [0.5, 0.6) is 0 Å². The zero-order chi connectivity index (χ0) is 30.1. The van der Waals surface area contributed by atoms with E-state index in [2.05, 4.69) is 17.4 Å². The Morgan fingerprint density at radius 2 is 1.76 bits per heavy atom. The van der Waals surface area contributed by atoms with Gasteiger partial charge in [0.2, 0.25) is 5.91 Å². The number of methoxy groups -OCH3 is 1. The van der Waals surface area contributed by atoms with Gasteiger partial charge >= 0.3 is 5.97 Å². The number of aromatic nitrogens is 2. The molecular formula is C33H30Cl2N4O3. The zero-order valence-corrected chi connectivity index (χ0v) is 24.7. The van der Waals surface area contributed by atoms with Gasteiger partial charge in [0.1, 0.15) is 5.82 Å². The van der Waals surface area contributed by atoms with Crippen molar-refractivity contribution >= 4 is 46.8 Å². The molecule has 0 aliphatic rings. The van der Waals surface area contributed by atoms with Crippen molar-refractivity contribution in [2.45, 2.75) is 13.3 Å². The van der Waals surface area contributed by atoms with Crippen LogP contribution < -0.4 is 11.1 Å². The van der Waals surface area contributed by atoms with Gasteiger partial charge in [0.25, 0.3) is 0 Å². The third kappa shape index (κ3) is 8.46. The molecule has 0 saturated carbocycles. The molecule has 214 valence electrons. The van der Waals surface area contributed by atoms with Crippen molar-refractivity contribution in [3.63, 3.8) is 0 Å². The van der Waals surface area contributed by atoms with Crippen LogP contribution in [0.1, 0.15) is 34.4 Å². The molecule has 3 aromatic carbocycles. The highest BCUT2D eigenvalue weighted by atomic mass is 35.5. The van der Waals surface area contributed by atoms with Crippen LogP contribution in [0.2, 0.25) is 0 Å². The van der Waals surface area contributed by atoms with E-state index in [0.717, 1.165) is 39.6 Å². The maximum Gasteiger partial charge on any atom is 0.337 e. The summed E-state index contributed by atoms with van der Waals surface area (Å²) in [6, 6.07) is 23.2. The maximum atomic E-state index is 11.9. The lowest BCUT2D eigenvalue weighted by atomic mass is 10.0. The van der Waals surface area contributed by atoms with Gasteiger partial charge in [-0.1, -0.05) is 65.7 Å². The number of hydrogen-bond acceptors (Lipinski definition) is 5. The van der Waals surface area contributed by atoms with E-state index in [1.807, 2.05) is 77.5 Å². The SMILES string of the molecule is COC(=O)c1cccc(-c2ccc(Cc3nc(/C=C/C=C(Cl)\C=C(/C)Cl)cn3-c3ccc(NCC(N)=O)cc3)cc2)c1. The molecule has 4 aromatic rings. The largest absolute Gasteiger partial charge is 0.465 e. The third-order valence-corrected chi connectivity index (χ3v) is 6.55. The second kappa shape index (κ2) is 14.3. The molecule has 0 radical (unpaired) electrons. The number of allylic oxidation sites excluding steroid dienone is 5. The quantitative estimate of drug-likeness (QED) is 0.141. The normalized spacial score (nSPS) is 12.0.